The van der Waals surface area contributed by atoms with Crippen LogP contribution in [0.15, 0.2) is 42.9 Å². The highest BCUT2D eigenvalue weighted by Gasteiger charge is 2.08. The quantitative estimate of drug-likeness (QED) is 0.648. The van der Waals surface area contributed by atoms with E-state index < -0.39 is 0 Å². The lowest BCUT2D eigenvalue weighted by molar-refractivity contribution is 0.690. The second kappa shape index (κ2) is 7.86. The van der Waals surface area contributed by atoms with Gasteiger partial charge in [-0.2, -0.15) is 10.2 Å². The predicted octanol–water partition coefficient (Wildman–Crippen LogP) is 3.46. The maximum absolute atomic E-state index is 6.19. The second-order valence-electron chi connectivity index (χ2n) is 5.43. The van der Waals surface area contributed by atoms with E-state index in [2.05, 4.69) is 20.8 Å². The van der Waals surface area contributed by atoms with E-state index in [1.165, 1.54) is 0 Å². The molecule has 2 aromatic heterocycles. The molecule has 0 saturated carbocycles. The number of nitrogens with zero attached hydrogens (tertiary/aromatic N) is 4. The molecule has 6 nitrogen and oxygen atoms in total. The molecule has 0 radical (unpaired) electrons. The van der Waals surface area contributed by atoms with E-state index in [1.807, 2.05) is 43.7 Å². The van der Waals surface area contributed by atoms with E-state index in [9.17, 15) is 0 Å². The maximum atomic E-state index is 6.19. The first kappa shape index (κ1) is 17.7. The number of thiocarbonyl (C=S) groups is 1. The molecule has 2 N–H and O–H groups in total. The standard InChI is InChI=1S/C16H16Cl2N6S/c1-23-9-11(8-20-23)7-19-16(25)21-15-5-6-24(22-15)10-12-13(17)3-2-4-14(12)18/h2-6,8-9H,7,10H2,1H3,(H2,19,21,22,25). The zero-order valence-electron chi connectivity index (χ0n) is 13.4. The minimum atomic E-state index is 0.482. The number of nitrogens with one attached hydrogen (secondary N) is 2. The van der Waals surface area contributed by atoms with Gasteiger partial charge in [0.1, 0.15) is 0 Å². The van der Waals surface area contributed by atoms with Gasteiger partial charge in [-0.3, -0.25) is 9.36 Å². The smallest absolute Gasteiger partial charge is 0.172 e. The molecule has 9 heteroatoms. The molecule has 0 unspecified atom stereocenters. The average molecular weight is 395 g/mol. The van der Waals surface area contributed by atoms with Crippen molar-refractivity contribution < 1.29 is 0 Å². The minimum Gasteiger partial charge on any atom is -0.358 e. The number of benzene rings is 1. The minimum absolute atomic E-state index is 0.482. The molecule has 25 heavy (non-hydrogen) atoms. The van der Waals surface area contributed by atoms with E-state index in [0.29, 0.717) is 34.1 Å². The summed E-state index contributed by atoms with van der Waals surface area (Å²) in [5.74, 6) is 0.645. The van der Waals surface area contributed by atoms with E-state index in [4.69, 9.17) is 35.4 Å². The molecule has 0 bridgehead atoms. The van der Waals surface area contributed by atoms with Gasteiger partial charge in [-0.25, -0.2) is 0 Å². The van der Waals surface area contributed by atoms with Gasteiger partial charge in [0.15, 0.2) is 10.9 Å². The van der Waals surface area contributed by atoms with Crippen molar-refractivity contribution in [3.05, 3.63) is 64.0 Å². The number of anilines is 1. The lowest BCUT2D eigenvalue weighted by Crippen LogP contribution is -2.28. The van der Waals surface area contributed by atoms with Gasteiger partial charge >= 0.3 is 0 Å². The van der Waals surface area contributed by atoms with E-state index in [-0.39, 0.29) is 0 Å². The summed E-state index contributed by atoms with van der Waals surface area (Å²) in [5, 5.41) is 16.4. The van der Waals surface area contributed by atoms with Crippen LogP contribution < -0.4 is 10.6 Å². The fourth-order valence-corrected chi connectivity index (χ4v) is 2.96. The molecule has 2 heterocycles. The summed E-state index contributed by atoms with van der Waals surface area (Å²) in [5.41, 5.74) is 1.88. The topological polar surface area (TPSA) is 59.7 Å². The summed E-state index contributed by atoms with van der Waals surface area (Å²) in [6.07, 6.45) is 5.56. The zero-order chi connectivity index (χ0) is 17.8. The van der Waals surface area contributed by atoms with Crippen molar-refractivity contribution in [1.29, 1.82) is 0 Å². The number of aromatic nitrogens is 4. The van der Waals surface area contributed by atoms with Gasteiger partial charge in [0, 0.05) is 53.2 Å². The van der Waals surface area contributed by atoms with Crippen LogP contribution in [-0.2, 0) is 20.1 Å². The fourth-order valence-electron chi connectivity index (χ4n) is 2.27. The van der Waals surface area contributed by atoms with Crippen LogP contribution in [0.3, 0.4) is 0 Å². The van der Waals surface area contributed by atoms with Gasteiger partial charge in [0.25, 0.3) is 0 Å². The third-order valence-corrected chi connectivity index (χ3v) is 4.43. The van der Waals surface area contributed by atoms with Crippen molar-refractivity contribution >= 4 is 46.4 Å². The van der Waals surface area contributed by atoms with Gasteiger partial charge in [0.2, 0.25) is 0 Å². The third-order valence-electron chi connectivity index (χ3n) is 3.48. The molecule has 0 fully saturated rings. The lowest BCUT2D eigenvalue weighted by atomic mass is 10.2. The number of hydrogen-bond donors (Lipinski definition) is 2. The zero-order valence-corrected chi connectivity index (χ0v) is 15.7. The largest absolute Gasteiger partial charge is 0.358 e. The Morgan fingerprint density at radius 3 is 2.68 bits per heavy atom. The van der Waals surface area contributed by atoms with Gasteiger partial charge < -0.3 is 10.6 Å². The Hall–Kier alpha value is -2.09. The summed E-state index contributed by atoms with van der Waals surface area (Å²) in [6, 6.07) is 7.27. The van der Waals surface area contributed by atoms with Crippen LogP contribution in [0, 0.1) is 0 Å². The summed E-state index contributed by atoms with van der Waals surface area (Å²) in [6.45, 7) is 1.08. The van der Waals surface area contributed by atoms with Crippen molar-refractivity contribution in [2.45, 2.75) is 13.1 Å². The molecule has 0 spiro atoms. The molecule has 0 aliphatic heterocycles. The van der Waals surface area contributed by atoms with Crippen molar-refractivity contribution in [1.82, 2.24) is 24.9 Å². The highest BCUT2D eigenvalue weighted by atomic mass is 35.5. The molecule has 0 amide bonds. The first-order valence-corrected chi connectivity index (χ1v) is 8.66. The van der Waals surface area contributed by atoms with Gasteiger partial charge in [-0.1, -0.05) is 29.3 Å². The van der Waals surface area contributed by atoms with Crippen molar-refractivity contribution in [3.63, 3.8) is 0 Å². The van der Waals surface area contributed by atoms with E-state index in [0.717, 1.165) is 11.1 Å². The van der Waals surface area contributed by atoms with Crippen LogP contribution in [0.25, 0.3) is 0 Å². The summed E-state index contributed by atoms with van der Waals surface area (Å²) < 4.78 is 3.49. The molecular weight excluding hydrogens is 379 g/mol. The molecule has 0 aliphatic carbocycles. The molecular formula is C16H16Cl2N6S. The van der Waals surface area contributed by atoms with Crippen LogP contribution in [0.1, 0.15) is 11.1 Å². The summed E-state index contributed by atoms with van der Waals surface area (Å²) in [4.78, 5) is 0. The highest BCUT2D eigenvalue weighted by molar-refractivity contribution is 7.80. The normalized spacial score (nSPS) is 10.7. The maximum Gasteiger partial charge on any atom is 0.172 e. The highest BCUT2D eigenvalue weighted by Crippen LogP contribution is 2.25. The number of hydrogen-bond acceptors (Lipinski definition) is 3. The molecule has 130 valence electrons. The third kappa shape index (κ3) is 4.72. The molecule has 0 aliphatic rings. The van der Waals surface area contributed by atoms with Crippen LogP contribution >= 0.6 is 35.4 Å². The Bertz CT molecular complexity index is 868. The average Bonchev–Trinajstić information content (AvgIpc) is 3.18. The van der Waals surface area contributed by atoms with Gasteiger partial charge in [0.05, 0.1) is 12.7 Å². The molecule has 0 saturated heterocycles. The lowest BCUT2D eigenvalue weighted by Gasteiger charge is -2.08. The van der Waals surface area contributed by atoms with Gasteiger partial charge in [-0.05, 0) is 24.4 Å². The Morgan fingerprint density at radius 1 is 1.24 bits per heavy atom. The Kier molecular flexibility index (Phi) is 5.57. The van der Waals surface area contributed by atoms with Crippen LogP contribution in [0.5, 0.6) is 0 Å². The second-order valence-corrected chi connectivity index (χ2v) is 6.65. The van der Waals surface area contributed by atoms with Crippen molar-refractivity contribution in [2.24, 2.45) is 7.05 Å². The SMILES string of the molecule is Cn1cc(CNC(=S)Nc2ccn(Cc3c(Cl)cccc3Cl)n2)cn1. The van der Waals surface area contributed by atoms with E-state index in [1.54, 1.807) is 15.6 Å². The molecule has 3 rings (SSSR count). The molecule has 0 atom stereocenters. The summed E-state index contributed by atoms with van der Waals surface area (Å²) >= 11 is 17.7. The van der Waals surface area contributed by atoms with Gasteiger partial charge in [-0.15, -0.1) is 0 Å². The molecule has 1 aromatic carbocycles. The first-order chi connectivity index (χ1) is 12.0. The monoisotopic (exact) mass is 394 g/mol. The Labute approximate surface area is 160 Å². The number of rotatable bonds is 5. The van der Waals surface area contributed by atoms with Crippen molar-refractivity contribution in [3.8, 4) is 0 Å². The van der Waals surface area contributed by atoms with Crippen LogP contribution in [0.4, 0.5) is 5.82 Å². The number of halogens is 2. The Morgan fingerprint density at radius 2 is 2.00 bits per heavy atom. The van der Waals surface area contributed by atoms with Crippen LogP contribution in [0.2, 0.25) is 10.0 Å². The summed E-state index contributed by atoms with van der Waals surface area (Å²) in [7, 11) is 1.87. The fraction of sp³-hybridized carbons (Fsp3) is 0.188. The first-order valence-electron chi connectivity index (χ1n) is 7.50. The van der Waals surface area contributed by atoms with Crippen LogP contribution in [-0.4, -0.2) is 24.7 Å². The Balaban J connectivity index is 1.57. The van der Waals surface area contributed by atoms with E-state index >= 15 is 0 Å². The molecule has 3 aromatic rings. The predicted molar refractivity (Wildman–Crippen MR) is 104 cm³/mol. The van der Waals surface area contributed by atoms with Crippen molar-refractivity contribution in [2.75, 3.05) is 5.32 Å². The number of aryl methyl sites for hydroxylation is 1.